The SMILES string of the molecule is CCN(CCO)c1nc(Cl)nc2scc(-c3ccc(Br)cc3)c12. The molecule has 0 atom stereocenters. The number of aliphatic hydroxyl groups is 1. The molecule has 3 rings (SSSR count). The van der Waals surface area contributed by atoms with Gasteiger partial charge in [-0.05, 0) is 36.2 Å². The van der Waals surface area contributed by atoms with Crippen LogP contribution in [-0.2, 0) is 0 Å². The van der Waals surface area contributed by atoms with Gasteiger partial charge in [-0.25, -0.2) is 4.98 Å². The third kappa shape index (κ3) is 3.35. The van der Waals surface area contributed by atoms with E-state index in [0.717, 1.165) is 38.2 Å². The van der Waals surface area contributed by atoms with E-state index in [0.29, 0.717) is 6.54 Å². The largest absolute Gasteiger partial charge is 0.395 e. The first-order chi connectivity index (χ1) is 11.1. The fourth-order valence-electron chi connectivity index (χ4n) is 2.50. The molecule has 1 N–H and O–H groups in total. The molecule has 0 fully saturated rings. The lowest BCUT2D eigenvalue weighted by Crippen LogP contribution is -2.27. The predicted molar refractivity (Wildman–Crippen MR) is 101 cm³/mol. The lowest BCUT2D eigenvalue weighted by molar-refractivity contribution is 0.302. The Bertz CT molecular complexity index is 822. The van der Waals surface area contributed by atoms with Crippen LogP contribution in [0.1, 0.15) is 6.92 Å². The first kappa shape index (κ1) is 16.6. The molecule has 0 saturated heterocycles. The van der Waals surface area contributed by atoms with Crippen molar-refractivity contribution < 1.29 is 5.11 Å². The van der Waals surface area contributed by atoms with Crippen LogP contribution in [0.15, 0.2) is 34.1 Å². The van der Waals surface area contributed by atoms with Crippen LogP contribution >= 0.6 is 38.9 Å². The number of aromatic nitrogens is 2. The zero-order chi connectivity index (χ0) is 16.4. The molecule has 0 radical (unpaired) electrons. The number of halogens is 2. The molecule has 2 aromatic heterocycles. The molecule has 0 amide bonds. The Labute approximate surface area is 151 Å². The van der Waals surface area contributed by atoms with Gasteiger partial charge in [-0.3, -0.25) is 0 Å². The fraction of sp³-hybridized carbons (Fsp3) is 0.250. The Morgan fingerprint density at radius 3 is 2.65 bits per heavy atom. The van der Waals surface area contributed by atoms with E-state index in [2.05, 4.69) is 43.4 Å². The molecule has 0 spiro atoms. The number of hydrogen-bond acceptors (Lipinski definition) is 5. The number of benzene rings is 1. The molecule has 0 bridgehead atoms. The second-order valence-corrected chi connectivity index (χ2v) is 7.07. The van der Waals surface area contributed by atoms with Gasteiger partial charge in [0.1, 0.15) is 10.6 Å². The minimum absolute atomic E-state index is 0.0642. The van der Waals surface area contributed by atoms with Crippen molar-refractivity contribution in [2.75, 3.05) is 24.6 Å². The molecule has 0 aliphatic rings. The van der Waals surface area contributed by atoms with Gasteiger partial charge < -0.3 is 10.0 Å². The topological polar surface area (TPSA) is 49.2 Å². The van der Waals surface area contributed by atoms with E-state index < -0.39 is 0 Å². The molecule has 0 aliphatic heterocycles. The zero-order valence-corrected chi connectivity index (χ0v) is 15.6. The van der Waals surface area contributed by atoms with Gasteiger partial charge in [0.15, 0.2) is 0 Å². The van der Waals surface area contributed by atoms with Gasteiger partial charge in [0, 0.05) is 28.5 Å². The average Bonchev–Trinajstić information content (AvgIpc) is 2.96. The van der Waals surface area contributed by atoms with Crippen molar-refractivity contribution in [1.82, 2.24) is 9.97 Å². The standard InChI is InChI=1S/C16H15BrClN3OS/c1-2-21(7-8-22)14-13-12(10-3-5-11(17)6-4-10)9-23-15(13)20-16(18)19-14/h3-6,9,22H,2,7-8H2,1H3. The van der Waals surface area contributed by atoms with Crippen molar-refractivity contribution in [1.29, 1.82) is 0 Å². The normalized spacial score (nSPS) is 11.1. The van der Waals surface area contributed by atoms with E-state index in [1.807, 2.05) is 24.0 Å². The van der Waals surface area contributed by atoms with Gasteiger partial charge in [0.2, 0.25) is 5.28 Å². The predicted octanol–water partition coefficient (Wildman–Crippen LogP) is 4.59. The van der Waals surface area contributed by atoms with Crippen LogP contribution in [0.2, 0.25) is 5.28 Å². The summed E-state index contributed by atoms with van der Waals surface area (Å²) >= 11 is 11.1. The van der Waals surface area contributed by atoms with Gasteiger partial charge in [-0.15, -0.1) is 11.3 Å². The zero-order valence-electron chi connectivity index (χ0n) is 12.5. The van der Waals surface area contributed by atoms with Gasteiger partial charge >= 0.3 is 0 Å². The summed E-state index contributed by atoms with van der Waals surface area (Å²) in [5.41, 5.74) is 2.19. The number of nitrogens with zero attached hydrogens (tertiary/aromatic N) is 3. The van der Waals surface area contributed by atoms with Crippen LogP contribution in [0.4, 0.5) is 5.82 Å². The highest BCUT2D eigenvalue weighted by atomic mass is 79.9. The first-order valence-corrected chi connectivity index (χ1v) is 9.25. The molecule has 2 heterocycles. The van der Waals surface area contributed by atoms with E-state index in [4.69, 9.17) is 11.6 Å². The highest BCUT2D eigenvalue weighted by Crippen LogP contribution is 2.39. The Kier molecular flexibility index (Phi) is 5.16. The summed E-state index contributed by atoms with van der Waals surface area (Å²) in [4.78, 5) is 11.7. The van der Waals surface area contributed by atoms with Crippen LogP contribution in [0.5, 0.6) is 0 Å². The third-order valence-electron chi connectivity index (χ3n) is 3.59. The van der Waals surface area contributed by atoms with Crippen LogP contribution in [0.25, 0.3) is 21.3 Å². The molecule has 3 aromatic rings. The molecular formula is C16H15BrClN3OS. The van der Waals surface area contributed by atoms with Crippen molar-refractivity contribution in [2.45, 2.75) is 6.92 Å². The van der Waals surface area contributed by atoms with E-state index in [1.165, 1.54) is 0 Å². The number of rotatable bonds is 5. The summed E-state index contributed by atoms with van der Waals surface area (Å²) < 4.78 is 1.04. The van der Waals surface area contributed by atoms with Gasteiger partial charge in [0.25, 0.3) is 0 Å². The Balaban J connectivity index is 2.22. The molecule has 0 unspecified atom stereocenters. The van der Waals surface area contributed by atoms with Crippen LogP contribution in [0, 0.1) is 0 Å². The number of likely N-dealkylation sites (N-methyl/N-ethyl adjacent to an activating group) is 1. The average molecular weight is 413 g/mol. The van der Waals surface area contributed by atoms with Gasteiger partial charge in [-0.1, -0.05) is 28.1 Å². The molecule has 0 saturated carbocycles. The number of hydrogen-bond donors (Lipinski definition) is 1. The first-order valence-electron chi connectivity index (χ1n) is 7.20. The summed E-state index contributed by atoms with van der Waals surface area (Å²) in [5.74, 6) is 0.774. The van der Waals surface area contributed by atoms with Crippen LogP contribution in [-0.4, -0.2) is 34.8 Å². The van der Waals surface area contributed by atoms with Gasteiger partial charge in [0.05, 0.1) is 12.0 Å². The fourth-order valence-corrected chi connectivity index (χ4v) is 3.92. The molecule has 23 heavy (non-hydrogen) atoms. The van der Waals surface area contributed by atoms with Crippen molar-refractivity contribution in [2.24, 2.45) is 0 Å². The number of fused-ring (bicyclic) bond motifs is 1. The smallest absolute Gasteiger partial charge is 0.225 e. The Hall–Kier alpha value is -1.21. The summed E-state index contributed by atoms with van der Waals surface area (Å²) in [6.45, 7) is 3.34. The van der Waals surface area contributed by atoms with Crippen molar-refractivity contribution >= 4 is 54.9 Å². The number of thiophene rings is 1. The monoisotopic (exact) mass is 411 g/mol. The maximum Gasteiger partial charge on any atom is 0.225 e. The minimum atomic E-state index is 0.0642. The second-order valence-electron chi connectivity index (χ2n) is 4.96. The van der Waals surface area contributed by atoms with Crippen molar-refractivity contribution in [3.8, 4) is 11.1 Å². The summed E-state index contributed by atoms with van der Waals surface area (Å²) in [6, 6.07) is 8.15. The molecule has 120 valence electrons. The molecule has 7 heteroatoms. The van der Waals surface area contributed by atoms with Crippen LogP contribution < -0.4 is 4.90 Å². The molecular weight excluding hydrogens is 398 g/mol. The quantitative estimate of drug-likeness (QED) is 0.623. The minimum Gasteiger partial charge on any atom is -0.395 e. The van der Waals surface area contributed by atoms with E-state index in [1.54, 1.807) is 11.3 Å². The van der Waals surface area contributed by atoms with Crippen molar-refractivity contribution in [3.05, 3.63) is 39.4 Å². The lowest BCUT2D eigenvalue weighted by atomic mass is 10.1. The summed E-state index contributed by atoms with van der Waals surface area (Å²) in [6.07, 6.45) is 0. The number of anilines is 1. The number of aliphatic hydroxyl groups excluding tert-OH is 1. The van der Waals surface area contributed by atoms with E-state index >= 15 is 0 Å². The molecule has 4 nitrogen and oxygen atoms in total. The molecule has 1 aromatic carbocycles. The van der Waals surface area contributed by atoms with Crippen LogP contribution in [0.3, 0.4) is 0 Å². The third-order valence-corrected chi connectivity index (χ3v) is 5.16. The lowest BCUT2D eigenvalue weighted by Gasteiger charge is -2.22. The maximum atomic E-state index is 9.32. The highest BCUT2D eigenvalue weighted by Gasteiger charge is 2.18. The summed E-state index contributed by atoms with van der Waals surface area (Å²) in [5, 5.41) is 12.6. The molecule has 0 aliphatic carbocycles. The van der Waals surface area contributed by atoms with Gasteiger partial charge in [-0.2, -0.15) is 4.98 Å². The highest BCUT2D eigenvalue weighted by molar-refractivity contribution is 9.10. The Morgan fingerprint density at radius 2 is 2.00 bits per heavy atom. The van der Waals surface area contributed by atoms with E-state index in [-0.39, 0.29) is 11.9 Å². The Morgan fingerprint density at radius 1 is 1.26 bits per heavy atom. The second kappa shape index (κ2) is 7.13. The van der Waals surface area contributed by atoms with E-state index in [9.17, 15) is 5.11 Å². The van der Waals surface area contributed by atoms with Crippen molar-refractivity contribution in [3.63, 3.8) is 0 Å². The summed E-state index contributed by atoms with van der Waals surface area (Å²) in [7, 11) is 0. The maximum absolute atomic E-state index is 9.32.